The van der Waals surface area contributed by atoms with Crippen LogP contribution in [-0.2, 0) is 0 Å². The zero-order chi connectivity index (χ0) is 15.6. The summed E-state index contributed by atoms with van der Waals surface area (Å²) in [5.41, 5.74) is -0.735. The quantitative estimate of drug-likeness (QED) is 0.795. The van der Waals surface area contributed by atoms with Crippen molar-refractivity contribution in [3.05, 3.63) is 70.0 Å². The lowest BCUT2D eigenvalue weighted by Crippen LogP contribution is -2.14. The van der Waals surface area contributed by atoms with Crippen LogP contribution in [0.2, 0.25) is 5.02 Å². The second-order valence-electron chi connectivity index (χ2n) is 4.19. The first-order valence-electron chi connectivity index (χ1n) is 5.78. The van der Waals surface area contributed by atoms with Crippen molar-refractivity contribution in [1.82, 2.24) is 0 Å². The number of benzene rings is 2. The van der Waals surface area contributed by atoms with Crippen LogP contribution in [0.5, 0.6) is 0 Å². The highest BCUT2D eigenvalue weighted by molar-refractivity contribution is 6.30. The van der Waals surface area contributed by atoms with Crippen LogP contribution in [0.3, 0.4) is 0 Å². The number of rotatable bonds is 3. The van der Waals surface area contributed by atoms with E-state index in [0.29, 0.717) is 6.07 Å². The van der Waals surface area contributed by atoms with Gasteiger partial charge in [-0.2, -0.15) is 5.26 Å². The number of carbonyl (C=O) groups excluding carboxylic acids is 1. The van der Waals surface area contributed by atoms with E-state index in [-0.39, 0.29) is 10.6 Å². The molecule has 0 aromatic heterocycles. The van der Waals surface area contributed by atoms with E-state index in [1.165, 1.54) is 18.2 Å². The first-order chi connectivity index (χ1) is 9.95. The molecule has 0 aliphatic rings. The molecule has 2 aromatic carbocycles. The molecule has 0 spiro atoms. The first kappa shape index (κ1) is 15.1. The Bertz CT molecular complexity index is 755. The van der Waals surface area contributed by atoms with Crippen LogP contribution in [0.4, 0.5) is 13.2 Å². The maximum Gasteiger partial charge on any atom is 0.187 e. The molecule has 0 bridgehead atoms. The second kappa shape index (κ2) is 5.98. The Morgan fingerprint density at radius 2 is 1.90 bits per heavy atom. The van der Waals surface area contributed by atoms with Gasteiger partial charge in [0.1, 0.15) is 23.4 Å². The standard InChI is InChI=1S/C15H7ClF3NO/c16-12-3-1-2-9(14(12)19)11(7-20)15(21)10-5-4-8(17)6-13(10)18/h1-6,11H. The highest BCUT2D eigenvalue weighted by Gasteiger charge is 2.27. The summed E-state index contributed by atoms with van der Waals surface area (Å²) in [6.45, 7) is 0. The second-order valence-corrected chi connectivity index (χ2v) is 4.60. The minimum Gasteiger partial charge on any atom is -0.292 e. The van der Waals surface area contributed by atoms with Gasteiger partial charge in [-0.25, -0.2) is 13.2 Å². The average molecular weight is 310 g/mol. The van der Waals surface area contributed by atoms with E-state index >= 15 is 0 Å². The number of Topliss-reactive ketones (excluding diaryl/α,β-unsaturated/α-hetero) is 1. The zero-order valence-corrected chi connectivity index (χ0v) is 11.2. The van der Waals surface area contributed by atoms with E-state index in [1.54, 1.807) is 6.07 Å². The van der Waals surface area contributed by atoms with Crippen LogP contribution in [0.1, 0.15) is 21.8 Å². The molecule has 106 valence electrons. The predicted octanol–water partition coefficient (Wildman–Crippen LogP) is 4.25. The van der Waals surface area contributed by atoms with E-state index in [9.17, 15) is 18.0 Å². The van der Waals surface area contributed by atoms with Crippen molar-refractivity contribution < 1.29 is 18.0 Å². The number of ketones is 1. The van der Waals surface area contributed by atoms with E-state index in [1.807, 2.05) is 0 Å². The topological polar surface area (TPSA) is 40.9 Å². The number of nitrogens with zero attached hydrogens (tertiary/aromatic N) is 1. The Morgan fingerprint density at radius 3 is 2.52 bits per heavy atom. The van der Waals surface area contributed by atoms with Gasteiger partial charge in [0, 0.05) is 11.6 Å². The molecule has 21 heavy (non-hydrogen) atoms. The maximum atomic E-state index is 13.9. The lowest BCUT2D eigenvalue weighted by atomic mass is 9.91. The van der Waals surface area contributed by atoms with Gasteiger partial charge in [0.05, 0.1) is 16.7 Å². The summed E-state index contributed by atoms with van der Waals surface area (Å²) >= 11 is 5.60. The van der Waals surface area contributed by atoms with Crippen LogP contribution in [0.15, 0.2) is 36.4 Å². The molecule has 1 unspecified atom stereocenters. The third-order valence-electron chi connectivity index (χ3n) is 2.88. The molecule has 0 heterocycles. The fourth-order valence-electron chi connectivity index (χ4n) is 1.86. The molecule has 0 fully saturated rings. The third kappa shape index (κ3) is 2.91. The minimum atomic E-state index is -1.57. The Kier molecular flexibility index (Phi) is 4.29. The number of carbonyl (C=O) groups is 1. The zero-order valence-electron chi connectivity index (χ0n) is 10.4. The van der Waals surface area contributed by atoms with Crippen molar-refractivity contribution >= 4 is 17.4 Å². The summed E-state index contributed by atoms with van der Waals surface area (Å²) in [6.07, 6.45) is 0. The maximum absolute atomic E-state index is 13.9. The number of halogens is 4. The Hall–Kier alpha value is -2.32. The molecule has 0 aliphatic carbocycles. The van der Waals surface area contributed by atoms with E-state index < -0.39 is 34.7 Å². The molecular weight excluding hydrogens is 303 g/mol. The van der Waals surface area contributed by atoms with Gasteiger partial charge in [0.2, 0.25) is 0 Å². The first-order valence-corrected chi connectivity index (χ1v) is 6.16. The average Bonchev–Trinajstić information content (AvgIpc) is 2.44. The third-order valence-corrected chi connectivity index (χ3v) is 3.17. The van der Waals surface area contributed by atoms with Gasteiger partial charge in [-0.3, -0.25) is 4.79 Å². The van der Waals surface area contributed by atoms with Crippen molar-refractivity contribution in [1.29, 1.82) is 5.26 Å². The molecule has 6 heteroatoms. The molecule has 2 rings (SSSR count). The lowest BCUT2D eigenvalue weighted by Gasteiger charge is -2.11. The van der Waals surface area contributed by atoms with Gasteiger partial charge >= 0.3 is 0 Å². The summed E-state index contributed by atoms with van der Waals surface area (Å²) in [6, 6.07) is 7.80. The van der Waals surface area contributed by atoms with Crippen molar-refractivity contribution in [2.45, 2.75) is 5.92 Å². The molecule has 0 aliphatic heterocycles. The van der Waals surface area contributed by atoms with Crippen molar-refractivity contribution in [2.75, 3.05) is 0 Å². The van der Waals surface area contributed by atoms with Crippen LogP contribution in [-0.4, -0.2) is 5.78 Å². The SMILES string of the molecule is N#CC(C(=O)c1ccc(F)cc1F)c1cccc(Cl)c1F. The van der Waals surface area contributed by atoms with Crippen molar-refractivity contribution in [2.24, 2.45) is 0 Å². The Morgan fingerprint density at radius 1 is 1.19 bits per heavy atom. The number of nitriles is 1. The largest absolute Gasteiger partial charge is 0.292 e. The molecule has 0 N–H and O–H groups in total. The van der Waals surface area contributed by atoms with E-state index in [4.69, 9.17) is 16.9 Å². The van der Waals surface area contributed by atoms with E-state index in [2.05, 4.69) is 0 Å². The van der Waals surface area contributed by atoms with Crippen LogP contribution < -0.4 is 0 Å². The van der Waals surface area contributed by atoms with Crippen LogP contribution >= 0.6 is 11.6 Å². The predicted molar refractivity (Wildman–Crippen MR) is 70.5 cm³/mol. The molecule has 1 atom stereocenters. The van der Waals surface area contributed by atoms with Gasteiger partial charge in [-0.05, 0) is 18.2 Å². The monoisotopic (exact) mass is 309 g/mol. The highest BCUT2D eigenvalue weighted by Crippen LogP contribution is 2.28. The molecule has 0 saturated heterocycles. The Labute approximate surface area is 123 Å². The normalized spacial score (nSPS) is 11.8. The minimum absolute atomic E-state index is 0.250. The molecular formula is C15H7ClF3NO. The summed E-state index contributed by atoms with van der Waals surface area (Å²) in [5.74, 6) is -5.41. The van der Waals surface area contributed by atoms with Gasteiger partial charge in [-0.15, -0.1) is 0 Å². The van der Waals surface area contributed by atoms with Gasteiger partial charge in [-0.1, -0.05) is 23.7 Å². The molecule has 2 nitrogen and oxygen atoms in total. The Balaban J connectivity index is 2.49. The van der Waals surface area contributed by atoms with Crippen molar-refractivity contribution in [3.63, 3.8) is 0 Å². The number of hydrogen-bond acceptors (Lipinski definition) is 2. The van der Waals surface area contributed by atoms with Crippen LogP contribution in [0, 0.1) is 28.8 Å². The fraction of sp³-hybridized carbons (Fsp3) is 0.0667. The van der Waals surface area contributed by atoms with E-state index in [0.717, 1.165) is 12.1 Å². The summed E-state index contributed by atoms with van der Waals surface area (Å²) < 4.78 is 40.3. The van der Waals surface area contributed by atoms with Crippen LogP contribution in [0.25, 0.3) is 0 Å². The fourth-order valence-corrected chi connectivity index (χ4v) is 2.04. The lowest BCUT2D eigenvalue weighted by molar-refractivity contribution is 0.0973. The molecule has 0 radical (unpaired) electrons. The molecule has 0 saturated carbocycles. The van der Waals surface area contributed by atoms with Gasteiger partial charge in [0.15, 0.2) is 5.78 Å². The summed E-state index contributed by atoms with van der Waals surface area (Å²) in [7, 11) is 0. The summed E-state index contributed by atoms with van der Waals surface area (Å²) in [4.78, 5) is 12.2. The highest BCUT2D eigenvalue weighted by atomic mass is 35.5. The molecule has 2 aromatic rings. The van der Waals surface area contributed by atoms with Crippen molar-refractivity contribution in [3.8, 4) is 6.07 Å². The number of hydrogen-bond donors (Lipinski definition) is 0. The summed E-state index contributed by atoms with van der Waals surface area (Å²) in [5, 5.41) is 8.85. The van der Waals surface area contributed by atoms with Gasteiger partial charge < -0.3 is 0 Å². The van der Waals surface area contributed by atoms with Gasteiger partial charge in [0.25, 0.3) is 0 Å². The smallest absolute Gasteiger partial charge is 0.187 e. The molecule has 0 amide bonds.